The number of aliphatic imine (C=N–C) groups is 1. The van der Waals surface area contributed by atoms with Crippen molar-refractivity contribution < 1.29 is 0 Å². The minimum Gasteiger partial charge on any atom is -0.366 e. The van der Waals surface area contributed by atoms with Gasteiger partial charge in [0, 0.05) is 13.6 Å². The number of hydrogen-bond acceptors (Lipinski definition) is 1. The molecular formula is C21H30N2Si. The molecule has 0 aromatic heterocycles. The van der Waals surface area contributed by atoms with Gasteiger partial charge in [-0.3, -0.25) is 0 Å². The normalized spacial score (nSPS) is 12.0. The van der Waals surface area contributed by atoms with Crippen molar-refractivity contribution in [2.45, 2.75) is 40.4 Å². The third kappa shape index (κ3) is 4.35. The van der Waals surface area contributed by atoms with E-state index < -0.39 is 8.07 Å². The fourth-order valence-corrected chi connectivity index (χ4v) is 3.81. The van der Waals surface area contributed by atoms with Crippen LogP contribution in [0.5, 0.6) is 0 Å². The fraction of sp³-hybridized carbons (Fsp3) is 0.381. The van der Waals surface area contributed by atoms with Gasteiger partial charge in [-0.25, -0.2) is 4.99 Å². The van der Waals surface area contributed by atoms with Crippen LogP contribution in [0.25, 0.3) is 11.1 Å². The summed E-state index contributed by atoms with van der Waals surface area (Å²) in [6, 6.07) is 13.6. The Morgan fingerprint density at radius 1 is 1.00 bits per heavy atom. The Morgan fingerprint density at radius 2 is 1.62 bits per heavy atom. The maximum absolute atomic E-state index is 4.63. The van der Waals surface area contributed by atoms with Gasteiger partial charge in [0.1, 0.15) is 0 Å². The van der Waals surface area contributed by atoms with Crippen LogP contribution in [-0.2, 0) is 0 Å². The van der Waals surface area contributed by atoms with Gasteiger partial charge in [-0.1, -0.05) is 49.1 Å². The molecule has 0 aliphatic rings. The third-order valence-corrected chi connectivity index (χ3v) is 6.56. The summed E-state index contributed by atoms with van der Waals surface area (Å²) in [4.78, 5) is 6.71. The first-order valence-corrected chi connectivity index (χ1v) is 12.2. The van der Waals surface area contributed by atoms with Crippen molar-refractivity contribution in [3.8, 4) is 11.1 Å². The van der Waals surface area contributed by atoms with Gasteiger partial charge in [-0.05, 0) is 55.2 Å². The maximum atomic E-state index is 4.63. The number of benzene rings is 2. The first-order valence-electron chi connectivity index (χ1n) is 8.69. The zero-order valence-electron chi connectivity index (χ0n) is 16.1. The molecular weight excluding hydrogens is 308 g/mol. The Hall–Kier alpha value is -1.87. The van der Waals surface area contributed by atoms with Crippen LogP contribution in [0.4, 0.5) is 5.69 Å². The Labute approximate surface area is 148 Å². The molecule has 2 nitrogen and oxygen atoms in total. The standard InChI is InChI=1S/C21H30N2Si/c1-8-23(4)15-22-21-14-16(2)20(13-17(21)3)18-9-11-19(12-10-18)24(5,6)7/h9-15H,8H2,1-7H3. The molecule has 0 saturated heterocycles. The molecule has 0 N–H and O–H groups in total. The second-order valence-corrected chi connectivity index (χ2v) is 12.7. The average molecular weight is 339 g/mol. The smallest absolute Gasteiger partial charge is 0.0909 e. The average Bonchev–Trinajstić information content (AvgIpc) is 2.54. The molecule has 2 rings (SSSR count). The van der Waals surface area contributed by atoms with Crippen LogP contribution in [0.15, 0.2) is 41.4 Å². The van der Waals surface area contributed by atoms with Crippen molar-refractivity contribution >= 4 is 25.3 Å². The summed E-state index contributed by atoms with van der Waals surface area (Å²) in [5, 5.41) is 1.50. The van der Waals surface area contributed by atoms with Crippen molar-refractivity contribution in [1.82, 2.24) is 4.90 Å². The van der Waals surface area contributed by atoms with Crippen molar-refractivity contribution in [3.63, 3.8) is 0 Å². The summed E-state index contributed by atoms with van der Waals surface area (Å²) in [6.45, 7) is 14.6. The summed E-state index contributed by atoms with van der Waals surface area (Å²) in [5.41, 5.74) is 6.13. The molecule has 24 heavy (non-hydrogen) atoms. The zero-order valence-corrected chi connectivity index (χ0v) is 17.1. The number of hydrogen-bond donors (Lipinski definition) is 0. The molecule has 0 spiro atoms. The second-order valence-electron chi connectivity index (χ2n) is 7.60. The molecule has 0 fully saturated rings. The largest absolute Gasteiger partial charge is 0.366 e. The van der Waals surface area contributed by atoms with Gasteiger partial charge in [-0.15, -0.1) is 0 Å². The lowest BCUT2D eigenvalue weighted by Crippen LogP contribution is -2.37. The van der Waals surface area contributed by atoms with Crippen molar-refractivity contribution in [1.29, 1.82) is 0 Å². The van der Waals surface area contributed by atoms with Crippen LogP contribution in [-0.4, -0.2) is 32.9 Å². The topological polar surface area (TPSA) is 15.6 Å². The number of rotatable bonds is 5. The molecule has 0 heterocycles. The van der Waals surface area contributed by atoms with E-state index >= 15 is 0 Å². The minimum absolute atomic E-state index is 0.961. The monoisotopic (exact) mass is 338 g/mol. The summed E-state index contributed by atoms with van der Waals surface area (Å²) < 4.78 is 0. The van der Waals surface area contributed by atoms with Gasteiger partial charge in [0.15, 0.2) is 0 Å². The van der Waals surface area contributed by atoms with Crippen LogP contribution in [0.1, 0.15) is 18.1 Å². The highest BCUT2D eigenvalue weighted by molar-refractivity contribution is 6.88. The van der Waals surface area contributed by atoms with E-state index in [-0.39, 0.29) is 0 Å². The summed E-state index contributed by atoms with van der Waals surface area (Å²) in [6.07, 6.45) is 1.91. The molecule has 0 aliphatic carbocycles. The number of nitrogens with zero attached hydrogens (tertiary/aromatic N) is 2. The zero-order chi connectivity index (χ0) is 17.9. The predicted molar refractivity (Wildman–Crippen MR) is 111 cm³/mol. The molecule has 2 aromatic carbocycles. The first-order chi connectivity index (χ1) is 11.2. The Kier molecular flexibility index (Phi) is 5.65. The summed E-state index contributed by atoms with van der Waals surface area (Å²) >= 11 is 0. The van der Waals surface area contributed by atoms with Crippen molar-refractivity contribution in [3.05, 3.63) is 47.5 Å². The Bertz CT molecular complexity index is 725. The maximum Gasteiger partial charge on any atom is 0.0909 e. The second kappa shape index (κ2) is 7.35. The highest BCUT2D eigenvalue weighted by Gasteiger charge is 2.16. The quantitative estimate of drug-likeness (QED) is 0.419. The Balaban J connectivity index is 2.35. The molecule has 0 aliphatic heterocycles. The Morgan fingerprint density at radius 3 is 2.17 bits per heavy atom. The van der Waals surface area contributed by atoms with Crippen LogP contribution in [0.3, 0.4) is 0 Å². The first kappa shape index (κ1) is 18.5. The molecule has 0 amide bonds. The van der Waals surface area contributed by atoms with Crippen molar-refractivity contribution in [2.24, 2.45) is 4.99 Å². The van der Waals surface area contributed by atoms with E-state index in [1.54, 1.807) is 0 Å². The molecule has 0 unspecified atom stereocenters. The van der Waals surface area contributed by atoms with E-state index in [1.807, 2.05) is 13.4 Å². The van der Waals surface area contributed by atoms with E-state index in [2.05, 4.69) is 86.7 Å². The lowest BCUT2D eigenvalue weighted by atomic mass is 9.97. The van der Waals surface area contributed by atoms with Gasteiger partial charge >= 0.3 is 0 Å². The van der Waals surface area contributed by atoms with E-state index in [9.17, 15) is 0 Å². The third-order valence-electron chi connectivity index (χ3n) is 4.50. The molecule has 0 radical (unpaired) electrons. The van der Waals surface area contributed by atoms with Gasteiger partial charge in [0.05, 0.1) is 20.1 Å². The predicted octanol–water partition coefficient (Wildman–Crippen LogP) is 5.13. The van der Waals surface area contributed by atoms with Gasteiger partial charge in [-0.2, -0.15) is 0 Å². The number of aryl methyl sites for hydroxylation is 2. The lowest BCUT2D eigenvalue weighted by molar-refractivity contribution is 0.552. The van der Waals surface area contributed by atoms with E-state index in [4.69, 9.17) is 0 Å². The molecule has 2 aromatic rings. The molecule has 0 bridgehead atoms. The summed E-state index contributed by atoms with van der Waals surface area (Å²) in [7, 11) is 0.802. The van der Waals surface area contributed by atoms with E-state index in [0.717, 1.165) is 12.2 Å². The molecule has 3 heteroatoms. The SMILES string of the molecule is CCN(C)C=Nc1cc(C)c(-c2ccc([Si](C)(C)C)cc2)cc1C. The van der Waals surface area contributed by atoms with E-state index in [0.29, 0.717) is 0 Å². The minimum atomic E-state index is -1.24. The highest BCUT2D eigenvalue weighted by Crippen LogP contribution is 2.30. The van der Waals surface area contributed by atoms with Gasteiger partial charge in [0.2, 0.25) is 0 Å². The van der Waals surface area contributed by atoms with Crippen LogP contribution in [0, 0.1) is 13.8 Å². The van der Waals surface area contributed by atoms with E-state index in [1.165, 1.54) is 27.4 Å². The van der Waals surface area contributed by atoms with Gasteiger partial charge in [0.25, 0.3) is 0 Å². The molecule has 0 saturated carbocycles. The van der Waals surface area contributed by atoms with Crippen LogP contribution in [0.2, 0.25) is 19.6 Å². The van der Waals surface area contributed by atoms with Crippen LogP contribution >= 0.6 is 0 Å². The fourth-order valence-electron chi connectivity index (χ4n) is 2.64. The highest BCUT2D eigenvalue weighted by atomic mass is 28.3. The van der Waals surface area contributed by atoms with Gasteiger partial charge < -0.3 is 4.90 Å². The van der Waals surface area contributed by atoms with Crippen LogP contribution < -0.4 is 5.19 Å². The molecule has 0 atom stereocenters. The molecule has 128 valence electrons. The van der Waals surface area contributed by atoms with Crippen molar-refractivity contribution in [2.75, 3.05) is 13.6 Å². The summed E-state index contributed by atoms with van der Waals surface area (Å²) in [5.74, 6) is 0. The lowest BCUT2D eigenvalue weighted by Gasteiger charge is -2.17.